The number of aldehydes is 1. The molecule has 0 amide bonds. The van der Waals surface area contributed by atoms with Crippen molar-refractivity contribution < 1.29 is 13.6 Å². The van der Waals surface area contributed by atoms with Gasteiger partial charge < -0.3 is 4.57 Å². The van der Waals surface area contributed by atoms with Gasteiger partial charge in [0.2, 0.25) is 0 Å². The lowest BCUT2D eigenvalue weighted by atomic mass is 10.1. The van der Waals surface area contributed by atoms with Gasteiger partial charge in [0.05, 0.1) is 6.33 Å². The maximum Gasteiger partial charge on any atom is 0.252 e. The Morgan fingerprint density at radius 2 is 2.47 bits per heavy atom. The Hall–Kier alpha value is -1.26. The maximum atomic E-state index is 13.3. The molecule has 1 aliphatic rings. The Morgan fingerprint density at radius 1 is 1.67 bits per heavy atom. The monoisotopic (exact) mass is 214 g/mol. The zero-order chi connectivity index (χ0) is 10.9. The molecule has 82 valence electrons. The molecule has 1 fully saturated rings. The molecule has 0 saturated heterocycles. The molecule has 0 spiro atoms. The first-order valence-electron chi connectivity index (χ1n) is 4.96. The van der Waals surface area contributed by atoms with Gasteiger partial charge in [0.25, 0.3) is 5.92 Å². The minimum absolute atomic E-state index is 0.0209. The van der Waals surface area contributed by atoms with Gasteiger partial charge in [-0.15, -0.1) is 0 Å². The molecule has 1 unspecified atom stereocenters. The molecule has 0 N–H and O–H groups in total. The van der Waals surface area contributed by atoms with Crippen molar-refractivity contribution in [3.05, 3.63) is 18.2 Å². The molecule has 0 bridgehead atoms. The fraction of sp³-hybridized carbons (Fsp3) is 0.600. The predicted molar refractivity (Wildman–Crippen MR) is 49.9 cm³/mol. The molecule has 5 heteroatoms. The summed E-state index contributed by atoms with van der Waals surface area (Å²) in [6, 6.07) is 0. The average molecular weight is 214 g/mol. The highest BCUT2D eigenvalue weighted by Crippen LogP contribution is 2.41. The van der Waals surface area contributed by atoms with Crippen molar-refractivity contribution in [2.24, 2.45) is 5.92 Å². The van der Waals surface area contributed by atoms with Crippen LogP contribution in [0.15, 0.2) is 12.5 Å². The van der Waals surface area contributed by atoms with Crippen molar-refractivity contribution in [2.75, 3.05) is 0 Å². The van der Waals surface area contributed by atoms with Gasteiger partial charge >= 0.3 is 0 Å². The number of nitrogens with zero attached hydrogens (tertiary/aromatic N) is 2. The van der Waals surface area contributed by atoms with Crippen LogP contribution < -0.4 is 0 Å². The number of halogens is 2. The van der Waals surface area contributed by atoms with Crippen LogP contribution >= 0.6 is 0 Å². The normalized spacial score (nSPS) is 24.3. The Balaban J connectivity index is 2.05. The molecule has 1 aromatic rings. The minimum Gasteiger partial charge on any atom is -0.336 e. The highest BCUT2D eigenvalue weighted by molar-refractivity contribution is 5.70. The summed E-state index contributed by atoms with van der Waals surface area (Å²) in [6.07, 6.45) is 4.64. The van der Waals surface area contributed by atoms with E-state index >= 15 is 0 Å². The first-order chi connectivity index (χ1) is 7.12. The lowest BCUT2D eigenvalue weighted by Crippen LogP contribution is -2.25. The summed E-state index contributed by atoms with van der Waals surface area (Å²) < 4.78 is 28.1. The Bertz CT molecular complexity index is 362. The first-order valence-corrected chi connectivity index (χ1v) is 4.96. The summed E-state index contributed by atoms with van der Waals surface area (Å²) in [4.78, 5) is 14.1. The molecular formula is C10H12F2N2O. The summed E-state index contributed by atoms with van der Waals surface area (Å²) in [5.41, 5.74) is 0.288. The summed E-state index contributed by atoms with van der Waals surface area (Å²) >= 11 is 0. The number of hydrogen-bond acceptors (Lipinski definition) is 2. The lowest BCUT2D eigenvalue weighted by Gasteiger charge is -2.18. The quantitative estimate of drug-likeness (QED) is 0.722. The summed E-state index contributed by atoms with van der Waals surface area (Å²) in [5.74, 6) is -3.18. The SMILES string of the molecule is O=Cc1cn(CC2CCCC2(F)F)cn1. The van der Waals surface area contributed by atoms with E-state index < -0.39 is 11.8 Å². The fourth-order valence-corrected chi connectivity index (χ4v) is 2.02. The molecule has 3 nitrogen and oxygen atoms in total. The number of hydrogen-bond donors (Lipinski definition) is 0. The highest BCUT2D eigenvalue weighted by Gasteiger charge is 2.43. The zero-order valence-corrected chi connectivity index (χ0v) is 8.20. The predicted octanol–water partition coefficient (Wildman–Crippen LogP) is 2.13. The van der Waals surface area contributed by atoms with Crippen LogP contribution in [0, 0.1) is 5.92 Å². The Kier molecular flexibility index (Phi) is 2.54. The van der Waals surface area contributed by atoms with Gasteiger partial charge in [0.1, 0.15) is 5.69 Å². The van der Waals surface area contributed by atoms with Gasteiger partial charge in [-0.2, -0.15) is 0 Å². The van der Waals surface area contributed by atoms with E-state index in [1.54, 1.807) is 4.57 Å². The molecular weight excluding hydrogens is 202 g/mol. The van der Waals surface area contributed by atoms with Crippen LogP contribution in [-0.2, 0) is 6.54 Å². The van der Waals surface area contributed by atoms with Crippen LogP contribution in [0.3, 0.4) is 0 Å². The van der Waals surface area contributed by atoms with Crippen molar-refractivity contribution >= 4 is 6.29 Å². The first kappa shape index (κ1) is 10.3. The smallest absolute Gasteiger partial charge is 0.252 e. The Morgan fingerprint density at radius 3 is 3.00 bits per heavy atom. The molecule has 1 saturated carbocycles. The molecule has 1 heterocycles. The van der Waals surface area contributed by atoms with Gasteiger partial charge in [0, 0.05) is 25.1 Å². The van der Waals surface area contributed by atoms with Crippen LogP contribution in [0.4, 0.5) is 8.78 Å². The summed E-state index contributed by atoms with van der Waals surface area (Å²) in [7, 11) is 0. The van der Waals surface area contributed by atoms with Gasteiger partial charge in [-0.3, -0.25) is 4.79 Å². The fourth-order valence-electron chi connectivity index (χ4n) is 2.02. The zero-order valence-electron chi connectivity index (χ0n) is 8.20. The van der Waals surface area contributed by atoms with Gasteiger partial charge in [-0.1, -0.05) is 0 Å². The highest BCUT2D eigenvalue weighted by atomic mass is 19.3. The molecule has 1 aromatic heterocycles. The second-order valence-corrected chi connectivity index (χ2v) is 3.96. The number of alkyl halides is 2. The minimum atomic E-state index is -2.56. The standard InChI is InChI=1S/C10H12F2N2O/c11-10(12)3-1-2-8(10)4-14-5-9(6-15)13-7-14/h5-8H,1-4H2. The number of carbonyl (C=O) groups is 1. The van der Waals surface area contributed by atoms with Crippen molar-refractivity contribution in [2.45, 2.75) is 31.7 Å². The van der Waals surface area contributed by atoms with Gasteiger partial charge in [-0.25, -0.2) is 13.8 Å². The average Bonchev–Trinajstić information content (AvgIpc) is 2.75. The van der Waals surface area contributed by atoms with Gasteiger partial charge in [0.15, 0.2) is 6.29 Å². The van der Waals surface area contributed by atoms with E-state index in [1.807, 2.05) is 0 Å². The number of rotatable bonds is 3. The third-order valence-corrected chi connectivity index (χ3v) is 2.87. The van der Waals surface area contributed by atoms with Crippen LogP contribution in [0.25, 0.3) is 0 Å². The second kappa shape index (κ2) is 3.72. The number of aromatic nitrogens is 2. The topological polar surface area (TPSA) is 34.9 Å². The van der Waals surface area contributed by atoms with Crippen molar-refractivity contribution in [1.82, 2.24) is 9.55 Å². The third kappa shape index (κ3) is 2.06. The molecule has 0 aromatic carbocycles. The number of carbonyl (C=O) groups excluding carboxylic acids is 1. The Labute approximate surface area is 86.1 Å². The van der Waals surface area contributed by atoms with E-state index in [9.17, 15) is 13.6 Å². The second-order valence-electron chi connectivity index (χ2n) is 3.96. The van der Waals surface area contributed by atoms with E-state index in [2.05, 4.69) is 4.98 Å². The van der Waals surface area contributed by atoms with E-state index in [0.29, 0.717) is 19.1 Å². The molecule has 0 radical (unpaired) electrons. The summed E-state index contributed by atoms with van der Waals surface area (Å²) in [5, 5.41) is 0. The van der Waals surface area contributed by atoms with Gasteiger partial charge in [-0.05, 0) is 12.8 Å². The van der Waals surface area contributed by atoms with Crippen LogP contribution in [0.1, 0.15) is 29.8 Å². The summed E-state index contributed by atoms with van der Waals surface area (Å²) in [6.45, 7) is 0.244. The van der Waals surface area contributed by atoms with Crippen molar-refractivity contribution in [1.29, 1.82) is 0 Å². The van der Waals surface area contributed by atoms with Crippen molar-refractivity contribution in [3.8, 4) is 0 Å². The maximum absolute atomic E-state index is 13.3. The van der Waals surface area contributed by atoms with Crippen LogP contribution in [0.2, 0.25) is 0 Å². The van der Waals surface area contributed by atoms with Crippen LogP contribution in [0.5, 0.6) is 0 Å². The van der Waals surface area contributed by atoms with Crippen molar-refractivity contribution in [3.63, 3.8) is 0 Å². The molecule has 0 aliphatic heterocycles. The lowest BCUT2D eigenvalue weighted by molar-refractivity contribution is -0.0422. The van der Waals surface area contributed by atoms with Crippen LogP contribution in [-0.4, -0.2) is 21.8 Å². The third-order valence-electron chi connectivity index (χ3n) is 2.87. The van der Waals surface area contributed by atoms with E-state index in [1.165, 1.54) is 12.5 Å². The van der Waals surface area contributed by atoms with E-state index in [0.717, 1.165) is 0 Å². The molecule has 2 rings (SSSR count). The van der Waals surface area contributed by atoms with E-state index in [-0.39, 0.29) is 18.7 Å². The molecule has 15 heavy (non-hydrogen) atoms. The largest absolute Gasteiger partial charge is 0.336 e. The molecule has 1 atom stereocenters. The number of imidazole rings is 1. The molecule has 1 aliphatic carbocycles. The van der Waals surface area contributed by atoms with E-state index in [4.69, 9.17) is 0 Å².